The van der Waals surface area contributed by atoms with E-state index in [0.717, 1.165) is 22.9 Å². The fourth-order valence-electron chi connectivity index (χ4n) is 3.01. The second-order valence-corrected chi connectivity index (χ2v) is 7.61. The maximum Gasteiger partial charge on any atom is 0.293 e. The number of hydrogen-bond donors (Lipinski definition) is 0. The molecule has 1 aliphatic heterocycles. The fraction of sp³-hybridized carbons (Fsp3) is 0.0870. The molecule has 1 aromatic heterocycles. The number of benzene rings is 2. The molecule has 0 atom stereocenters. The normalized spacial score (nSPS) is 15.2. The molecule has 0 spiro atoms. The Morgan fingerprint density at radius 2 is 1.83 bits per heavy atom. The molecule has 1 aliphatic rings. The van der Waals surface area contributed by atoms with Gasteiger partial charge in [-0.2, -0.15) is 5.26 Å². The Balaban J connectivity index is 1.56. The van der Waals surface area contributed by atoms with Gasteiger partial charge in [0.2, 0.25) is 0 Å². The Morgan fingerprint density at radius 1 is 1.07 bits per heavy atom. The highest BCUT2D eigenvalue weighted by atomic mass is 32.2. The average Bonchev–Trinajstić information content (AvgIpc) is 3.30. The highest BCUT2D eigenvalue weighted by molar-refractivity contribution is 8.18. The van der Waals surface area contributed by atoms with Crippen molar-refractivity contribution in [1.82, 2.24) is 4.90 Å². The van der Waals surface area contributed by atoms with Gasteiger partial charge in [0.15, 0.2) is 0 Å². The van der Waals surface area contributed by atoms with Gasteiger partial charge in [-0.3, -0.25) is 14.5 Å². The Morgan fingerprint density at radius 3 is 2.59 bits per heavy atom. The zero-order valence-corrected chi connectivity index (χ0v) is 16.4. The van der Waals surface area contributed by atoms with Crippen LogP contribution in [0.15, 0.2) is 70.0 Å². The number of amides is 2. The topological polar surface area (TPSA) is 74.3 Å². The maximum absolute atomic E-state index is 12.7. The molecular weight excluding hydrogens is 384 g/mol. The molecule has 0 radical (unpaired) electrons. The third kappa shape index (κ3) is 3.86. The monoisotopic (exact) mass is 400 g/mol. The van der Waals surface area contributed by atoms with Crippen LogP contribution >= 0.6 is 11.8 Å². The van der Waals surface area contributed by atoms with Crippen LogP contribution in [0.3, 0.4) is 0 Å². The van der Waals surface area contributed by atoms with E-state index in [1.54, 1.807) is 36.4 Å². The van der Waals surface area contributed by atoms with Gasteiger partial charge in [-0.05, 0) is 48.5 Å². The van der Waals surface area contributed by atoms with Crippen molar-refractivity contribution < 1.29 is 14.0 Å². The summed E-state index contributed by atoms with van der Waals surface area (Å²) in [6, 6.07) is 20.5. The molecular formula is C23H16N2O3S. The number of furan rings is 1. The van der Waals surface area contributed by atoms with Crippen LogP contribution in [0.1, 0.15) is 22.5 Å². The lowest BCUT2D eigenvalue weighted by Gasteiger charge is -2.12. The van der Waals surface area contributed by atoms with Crippen molar-refractivity contribution in [2.24, 2.45) is 0 Å². The van der Waals surface area contributed by atoms with E-state index < -0.39 is 0 Å². The Kier molecular flexibility index (Phi) is 5.07. The van der Waals surface area contributed by atoms with Gasteiger partial charge < -0.3 is 4.42 Å². The van der Waals surface area contributed by atoms with Crippen LogP contribution in [-0.4, -0.2) is 16.0 Å². The van der Waals surface area contributed by atoms with E-state index >= 15 is 0 Å². The highest BCUT2D eigenvalue weighted by Gasteiger charge is 2.35. The molecule has 1 fully saturated rings. The van der Waals surface area contributed by atoms with Crippen LogP contribution in [0, 0.1) is 18.3 Å². The van der Waals surface area contributed by atoms with E-state index in [0.29, 0.717) is 27.6 Å². The van der Waals surface area contributed by atoms with E-state index in [1.165, 1.54) is 4.90 Å². The number of hydrogen-bond acceptors (Lipinski definition) is 5. The van der Waals surface area contributed by atoms with Crippen molar-refractivity contribution >= 4 is 29.0 Å². The van der Waals surface area contributed by atoms with Crippen LogP contribution in [0.2, 0.25) is 0 Å². The number of carbonyl (C=O) groups is 2. The standard InChI is InChI=1S/C23H16N2O3S/c1-15-6-8-16(9-7-15)14-25-22(26)21(29-23(25)27)12-18-10-11-20(28-18)19-5-3-2-4-17(19)13-24/h2-12H,14H2,1H3/b21-12-. The van der Waals surface area contributed by atoms with Gasteiger partial charge in [0, 0.05) is 11.6 Å². The first-order valence-electron chi connectivity index (χ1n) is 8.95. The number of thioether (sulfide) groups is 1. The van der Waals surface area contributed by atoms with Gasteiger partial charge in [-0.15, -0.1) is 0 Å². The van der Waals surface area contributed by atoms with Crippen LogP contribution in [-0.2, 0) is 11.3 Å². The average molecular weight is 400 g/mol. The molecule has 0 unspecified atom stereocenters. The van der Waals surface area contributed by atoms with Gasteiger partial charge in [0.05, 0.1) is 23.1 Å². The van der Waals surface area contributed by atoms with Crippen molar-refractivity contribution in [2.45, 2.75) is 13.5 Å². The number of rotatable bonds is 4. The van der Waals surface area contributed by atoms with Crippen molar-refractivity contribution in [3.63, 3.8) is 0 Å². The number of aryl methyl sites for hydroxylation is 1. The molecule has 0 saturated carbocycles. The highest BCUT2D eigenvalue weighted by Crippen LogP contribution is 2.34. The molecule has 0 aliphatic carbocycles. The molecule has 29 heavy (non-hydrogen) atoms. The maximum atomic E-state index is 12.7. The Bertz CT molecular complexity index is 1170. The first-order valence-corrected chi connectivity index (χ1v) is 9.77. The zero-order valence-electron chi connectivity index (χ0n) is 15.6. The Labute approximate surface area is 172 Å². The minimum Gasteiger partial charge on any atom is -0.457 e. The summed E-state index contributed by atoms with van der Waals surface area (Å²) in [4.78, 5) is 26.6. The molecule has 0 N–H and O–H groups in total. The molecule has 2 amide bonds. The van der Waals surface area contributed by atoms with Crippen LogP contribution < -0.4 is 0 Å². The lowest BCUT2D eigenvalue weighted by Crippen LogP contribution is -2.27. The summed E-state index contributed by atoms with van der Waals surface area (Å²) in [5.41, 5.74) is 3.20. The summed E-state index contributed by atoms with van der Waals surface area (Å²) < 4.78 is 5.80. The first kappa shape index (κ1) is 18.8. The molecule has 2 aromatic carbocycles. The minimum absolute atomic E-state index is 0.237. The number of nitrogens with zero attached hydrogens (tertiary/aromatic N) is 2. The molecule has 5 nitrogen and oxygen atoms in total. The van der Waals surface area contributed by atoms with Crippen LogP contribution in [0.5, 0.6) is 0 Å². The molecule has 2 heterocycles. The molecule has 1 saturated heterocycles. The third-order valence-corrected chi connectivity index (χ3v) is 5.46. The van der Waals surface area contributed by atoms with Crippen molar-refractivity contribution in [1.29, 1.82) is 5.26 Å². The second-order valence-electron chi connectivity index (χ2n) is 6.61. The van der Waals surface area contributed by atoms with Crippen molar-refractivity contribution in [3.05, 3.63) is 88.0 Å². The summed E-state index contributed by atoms with van der Waals surface area (Å²) in [5.74, 6) is 0.650. The van der Waals surface area contributed by atoms with Gasteiger partial charge in [-0.1, -0.05) is 42.0 Å². The summed E-state index contributed by atoms with van der Waals surface area (Å²) in [6.45, 7) is 2.22. The van der Waals surface area contributed by atoms with Gasteiger partial charge >= 0.3 is 0 Å². The third-order valence-electron chi connectivity index (χ3n) is 4.55. The van der Waals surface area contributed by atoms with Crippen molar-refractivity contribution in [3.8, 4) is 17.4 Å². The number of carbonyl (C=O) groups excluding carboxylic acids is 2. The first-order chi connectivity index (χ1) is 14.0. The van der Waals surface area contributed by atoms with E-state index in [-0.39, 0.29) is 17.7 Å². The lowest BCUT2D eigenvalue weighted by molar-refractivity contribution is -0.123. The Hall–Kier alpha value is -3.56. The predicted molar refractivity (Wildman–Crippen MR) is 112 cm³/mol. The second kappa shape index (κ2) is 7.82. The van der Waals surface area contributed by atoms with E-state index in [4.69, 9.17) is 4.42 Å². The van der Waals surface area contributed by atoms with Crippen LogP contribution in [0.4, 0.5) is 4.79 Å². The molecule has 142 valence electrons. The smallest absolute Gasteiger partial charge is 0.293 e. The largest absolute Gasteiger partial charge is 0.457 e. The lowest BCUT2D eigenvalue weighted by atomic mass is 10.1. The number of imide groups is 1. The quantitative estimate of drug-likeness (QED) is 0.551. The SMILES string of the molecule is Cc1ccc(CN2C(=O)S/C(=C\c3ccc(-c4ccccc4C#N)o3)C2=O)cc1. The molecule has 4 rings (SSSR count). The molecule has 0 bridgehead atoms. The minimum atomic E-state index is -0.337. The summed E-state index contributed by atoms with van der Waals surface area (Å²) >= 11 is 0.898. The zero-order chi connectivity index (χ0) is 20.4. The molecule has 3 aromatic rings. The number of nitriles is 1. The fourth-order valence-corrected chi connectivity index (χ4v) is 3.83. The van der Waals surface area contributed by atoms with E-state index in [2.05, 4.69) is 6.07 Å². The summed E-state index contributed by atoms with van der Waals surface area (Å²) in [5, 5.41) is 8.95. The van der Waals surface area contributed by atoms with Crippen LogP contribution in [0.25, 0.3) is 17.4 Å². The predicted octanol–water partition coefficient (Wildman–Crippen LogP) is 5.36. The summed E-state index contributed by atoms with van der Waals surface area (Å²) in [7, 11) is 0. The van der Waals surface area contributed by atoms with E-state index in [9.17, 15) is 14.9 Å². The van der Waals surface area contributed by atoms with Gasteiger partial charge in [0.25, 0.3) is 11.1 Å². The van der Waals surface area contributed by atoms with E-state index in [1.807, 2.05) is 37.3 Å². The van der Waals surface area contributed by atoms with Crippen molar-refractivity contribution in [2.75, 3.05) is 0 Å². The summed E-state index contributed by atoms with van der Waals surface area (Å²) in [6.07, 6.45) is 1.57. The van der Waals surface area contributed by atoms with Gasteiger partial charge in [-0.25, -0.2) is 0 Å². The van der Waals surface area contributed by atoms with Gasteiger partial charge in [0.1, 0.15) is 11.5 Å². The molecule has 6 heteroatoms.